The molecular weight excluding hydrogens is 392 g/mol. The van der Waals surface area contributed by atoms with E-state index in [1.807, 2.05) is 0 Å². The van der Waals surface area contributed by atoms with E-state index in [1.54, 1.807) is 31.5 Å². The second kappa shape index (κ2) is 7.79. The molecule has 3 rings (SSSR count). The lowest BCUT2D eigenvalue weighted by molar-refractivity contribution is 0.0513. The number of nitrogens with zero attached hydrogens (tertiary/aromatic N) is 4. The van der Waals surface area contributed by atoms with E-state index in [9.17, 15) is 18.0 Å². The maximum absolute atomic E-state index is 12.7. The van der Waals surface area contributed by atoms with Gasteiger partial charge in [0.1, 0.15) is 9.90 Å². The Morgan fingerprint density at radius 1 is 1.26 bits per heavy atom. The Balaban J connectivity index is 1.67. The van der Waals surface area contributed by atoms with Crippen LogP contribution in [-0.4, -0.2) is 72.1 Å². The van der Waals surface area contributed by atoms with Crippen molar-refractivity contribution in [3.63, 3.8) is 0 Å². The monoisotopic (exact) mass is 412 g/mol. The summed E-state index contributed by atoms with van der Waals surface area (Å²) in [5.74, 6) is -0.882. The molecular formula is C16H20N4O5S2. The van der Waals surface area contributed by atoms with E-state index < -0.39 is 16.0 Å². The Kier molecular flexibility index (Phi) is 5.63. The van der Waals surface area contributed by atoms with Crippen LogP contribution in [0.5, 0.6) is 0 Å². The molecule has 0 N–H and O–H groups in total. The van der Waals surface area contributed by atoms with Crippen LogP contribution in [0.3, 0.4) is 0 Å². The van der Waals surface area contributed by atoms with Crippen LogP contribution in [0.1, 0.15) is 27.9 Å². The van der Waals surface area contributed by atoms with Crippen molar-refractivity contribution in [3.05, 3.63) is 35.0 Å². The number of hydrogen-bond acceptors (Lipinski definition) is 7. The van der Waals surface area contributed by atoms with Crippen LogP contribution in [0.25, 0.3) is 0 Å². The first-order chi connectivity index (χ1) is 12.8. The third-order valence-corrected chi connectivity index (χ3v) is 7.47. The number of thiophene rings is 1. The van der Waals surface area contributed by atoms with Gasteiger partial charge in [0.2, 0.25) is 0 Å². The largest absolute Gasteiger partial charge is 0.461 e. The number of aryl methyl sites for hydroxylation is 1. The smallest absolute Gasteiger partial charge is 0.356 e. The molecule has 3 heterocycles. The van der Waals surface area contributed by atoms with Crippen molar-refractivity contribution < 1.29 is 22.7 Å². The second-order valence-corrected chi connectivity index (χ2v) is 9.00. The minimum atomic E-state index is -3.52. The van der Waals surface area contributed by atoms with Crippen LogP contribution in [0, 0.1) is 0 Å². The molecule has 27 heavy (non-hydrogen) atoms. The second-order valence-electron chi connectivity index (χ2n) is 5.89. The Hall–Kier alpha value is -2.24. The van der Waals surface area contributed by atoms with Crippen molar-refractivity contribution in [3.8, 4) is 0 Å². The Morgan fingerprint density at radius 2 is 1.96 bits per heavy atom. The predicted molar refractivity (Wildman–Crippen MR) is 98.1 cm³/mol. The first-order valence-electron chi connectivity index (χ1n) is 8.38. The number of rotatable bonds is 5. The lowest BCUT2D eigenvalue weighted by Gasteiger charge is -2.33. The maximum atomic E-state index is 12.7. The Morgan fingerprint density at radius 3 is 2.56 bits per heavy atom. The molecule has 0 saturated carbocycles. The van der Waals surface area contributed by atoms with Gasteiger partial charge >= 0.3 is 5.97 Å². The molecule has 0 atom stereocenters. The molecule has 11 heteroatoms. The van der Waals surface area contributed by atoms with Crippen molar-refractivity contribution in [2.24, 2.45) is 7.05 Å². The number of sulfonamides is 1. The number of aromatic nitrogens is 2. The first kappa shape index (κ1) is 19.5. The minimum absolute atomic E-state index is 0.134. The zero-order valence-corrected chi connectivity index (χ0v) is 16.6. The molecule has 146 valence electrons. The van der Waals surface area contributed by atoms with E-state index in [2.05, 4.69) is 5.10 Å². The normalized spacial score (nSPS) is 15.7. The van der Waals surface area contributed by atoms with E-state index >= 15 is 0 Å². The van der Waals surface area contributed by atoms with Crippen molar-refractivity contribution >= 4 is 33.2 Å². The van der Waals surface area contributed by atoms with Crippen LogP contribution < -0.4 is 0 Å². The molecule has 0 aliphatic carbocycles. The lowest BCUT2D eigenvalue weighted by atomic mass is 10.3. The highest BCUT2D eigenvalue weighted by molar-refractivity contribution is 7.91. The Bertz CT molecular complexity index is 928. The average molecular weight is 412 g/mol. The summed E-state index contributed by atoms with van der Waals surface area (Å²) in [5.41, 5.74) is 0.328. The molecule has 9 nitrogen and oxygen atoms in total. The highest BCUT2D eigenvalue weighted by atomic mass is 32.2. The highest BCUT2D eigenvalue weighted by Crippen LogP contribution is 2.22. The fourth-order valence-electron chi connectivity index (χ4n) is 2.80. The van der Waals surface area contributed by atoms with Gasteiger partial charge in [0.05, 0.1) is 6.61 Å². The highest BCUT2D eigenvalue weighted by Gasteiger charge is 2.32. The molecule has 0 bridgehead atoms. The van der Waals surface area contributed by atoms with Crippen LogP contribution in [0.15, 0.2) is 27.8 Å². The van der Waals surface area contributed by atoms with Crippen molar-refractivity contribution in [2.45, 2.75) is 11.1 Å². The third-order valence-electron chi connectivity index (χ3n) is 4.20. The van der Waals surface area contributed by atoms with Crippen LogP contribution in [0.2, 0.25) is 0 Å². The van der Waals surface area contributed by atoms with E-state index in [0.717, 1.165) is 0 Å². The SMILES string of the molecule is CCOC(=O)c1cc(C(=O)N2CCN(S(=O)(=O)c3cccs3)CC2)nn1C. The van der Waals surface area contributed by atoms with Gasteiger partial charge in [-0.1, -0.05) is 6.07 Å². The molecule has 1 aliphatic heterocycles. The summed E-state index contributed by atoms with van der Waals surface area (Å²) in [6.45, 7) is 2.87. The van der Waals surface area contributed by atoms with Crippen LogP contribution in [0.4, 0.5) is 0 Å². The van der Waals surface area contributed by atoms with Gasteiger partial charge in [-0.15, -0.1) is 11.3 Å². The molecule has 1 fully saturated rings. The van der Waals surface area contributed by atoms with Gasteiger partial charge in [-0.3, -0.25) is 9.48 Å². The quantitative estimate of drug-likeness (QED) is 0.674. The minimum Gasteiger partial charge on any atom is -0.461 e. The predicted octanol–water partition coefficient (Wildman–Crippen LogP) is 0.805. The number of piperazine rings is 1. The van der Waals surface area contributed by atoms with Gasteiger partial charge in [0.25, 0.3) is 15.9 Å². The molecule has 1 aliphatic rings. The van der Waals surface area contributed by atoms with Gasteiger partial charge in [-0.05, 0) is 18.4 Å². The summed E-state index contributed by atoms with van der Waals surface area (Å²) in [5, 5.41) is 5.81. The van der Waals surface area contributed by atoms with Gasteiger partial charge in [0, 0.05) is 39.3 Å². The number of hydrogen-bond donors (Lipinski definition) is 0. The Labute approximate surface area is 161 Å². The van der Waals surface area contributed by atoms with Gasteiger partial charge in [-0.25, -0.2) is 13.2 Å². The van der Waals surface area contributed by atoms with E-state index in [4.69, 9.17) is 4.74 Å². The van der Waals surface area contributed by atoms with Crippen molar-refractivity contribution in [2.75, 3.05) is 32.8 Å². The van der Waals surface area contributed by atoms with Gasteiger partial charge < -0.3 is 9.64 Å². The van der Waals surface area contributed by atoms with Crippen molar-refractivity contribution in [1.82, 2.24) is 19.0 Å². The summed E-state index contributed by atoms with van der Waals surface area (Å²) in [6.07, 6.45) is 0. The zero-order chi connectivity index (χ0) is 19.6. The van der Waals surface area contributed by atoms with Gasteiger partial charge in [-0.2, -0.15) is 9.40 Å². The standard InChI is InChI=1S/C16H20N4O5S2/c1-3-25-16(22)13-11-12(17-18(13)2)15(21)19-6-8-20(9-7-19)27(23,24)14-5-4-10-26-14/h4-5,10-11H,3,6-9H2,1-2H3. The third kappa shape index (κ3) is 3.89. The summed E-state index contributed by atoms with van der Waals surface area (Å²) < 4.78 is 33.0. The average Bonchev–Trinajstić information content (AvgIpc) is 3.31. The maximum Gasteiger partial charge on any atom is 0.356 e. The topological polar surface area (TPSA) is 102 Å². The summed E-state index contributed by atoms with van der Waals surface area (Å²) in [7, 11) is -1.96. The van der Waals surface area contributed by atoms with E-state index in [-0.39, 0.29) is 50.1 Å². The number of carbonyl (C=O) groups is 2. The molecule has 0 radical (unpaired) electrons. The molecule has 2 aromatic heterocycles. The molecule has 0 aromatic carbocycles. The molecule has 2 aromatic rings. The van der Waals surface area contributed by atoms with Crippen LogP contribution in [-0.2, 0) is 21.8 Å². The fraction of sp³-hybridized carbons (Fsp3) is 0.438. The number of esters is 1. The summed E-state index contributed by atoms with van der Waals surface area (Å²) >= 11 is 1.17. The fourth-order valence-corrected chi connectivity index (χ4v) is 5.37. The first-order valence-corrected chi connectivity index (χ1v) is 10.7. The molecule has 1 amide bonds. The lowest BCUT2D eigenvalue weighted by Crippen LogP contribution is -2.50. The molecule has 0 unspecified atom stereocenters. The van der Waals surface area contributed by atoms with E-state index in [1.165, 1.54) is 31.3 Å². The van der Waals surface area contributed by atoms with Gasteiger partial charge in [0.15, 0.2) is 5.69 Å². The van der Waals surface area contributed by atoms with Crippen molar-refractivity contribution in [1.29, 1.82) is 0 Å². The van der Waals surface area contributed by atoms with E-state index in [0.29, 0.717) is 4.21 Å². The number of carbonyl (C=O) groups excluding carboxylic acids is 2. The number of ether oxygens (including phenoxy) is 1. The summed E-state index contributed by atoms with van der Waals surface area (Å²) in [4.78, 5) is 26.1. The number of amides is 1. The summed E-state index contributed by atoms with van der Waals surface area (Å²) in [6, 6.07) is 4.66. The zero-order valence-electron chi connectivity index (χ0n) is 15.0. The molecule has 1 saturated heterocycles. The van der Waals surface area contributed by atoms with Crippen LogP contribution >= 0.6 is 11.3 Å². The molecule has 0 spiro atoms.